The van der Waals surface area contributed by atoms with Gasteiger partial charge < -0.3 is 10.5 Å². The molecule has 2 aromatic rings. The normalized spacial score (nSPS) is 17.3. The summed E-state index contributed by atoms with van der Waals surface area (Å²) in [7, 11) is 0. The van der Waals surface area contributed by atoms with E-state index in [2.05, 4.69) is 49.4 Å². The molecule has 0 radical (unpaired) electrons. The summed E-state index contributed by atoms with van der Waals surface area (Å²) in [5, 5.41) is 0. The van der Waals surface area contributed by atoms with Gasteiger partial charge in [-0.05, 0) is 18.1 Å². The highest BCUT2D eigenvalue weighted by Crippen LogP contribution is 2.38. The molecule has 2 heteroatoms. The zero-order valence-corrected chi connectivity index (χ0v) is 10.5. The third-order valence-corrected chi connectivity index (χ3v) is 3.42. The average molecular weight is 239 g/mol. The van der Waals surface area contributed by atoms with E-state index in [9.17, 15) is 0 Å². The first kappa shape index (κ1) is 11.3. The fraction of sp³-hybridized carbons (Fsp3) is 0.250. The number of aryl methyl sites for hydroxylation is 1. The maximum atomic E-state index is 5.96. The van der Waals surface area contributed by atoms with Crippen LogP contribution < -0.4 is 10.5 Å². The number of nitrogens with two attached hydrogens (primary N) is 1. The Bertz CT molecular complexity index is 577. The van der Waals surface area contributed by atoms with Gasteiger partial charge in [0.25, 0.3) is 0 Å². The smallest absolute Gasteiger partial charge is 0.130 e. The molecule has 0 saturated heterocycles. The van der Waals surface area contributed by atoms with E-state index in [4.69, 9.17) is 10.5 Å². The molecule has 2 N–H and O–H groups in total. The number of fused-ring (bicyclic) bond motifs is 1. The topological polar surface area (TPSA) is 35.2 Å². The van der Waals surface area contributed by atoms with Gasteiger partial charge in [-0.25, -0.2) is 0 Å². The molecule has 92 valence electrons. The molecule has 18 heavy (non-hydrogen) atoms. The van der Waals surface area contributed by atoms with Crippen LogP contribution in [0.4, 0.5) is 0 Å². The second kappa shape index (κ2) is 4.46. The Kier molecular flexibility index (Phi) is 2.80. The summed E-state index contributed by atoms with van der Waals surface area (Å²) >= 11 is 0. The molecule has 0 aromatic heterocycles. The van der Waals surface area contributed by atoms with Gasteiger partial charge in [0.15, 0.2) is 0 Å². The third kappa shape index (κ3) is 1.89. The minimum Gasteiger partial charge on any atom is -0.488 e. The van der Waals surface area contributed by atoms with Crippen LogP contribution in [0.15, 0.2) is 42.5 Å². The van der Waals surface area contributed by atoms with Gasteiger partial charge in [0.1, 0.15) is 11.9 Å². The molecular formula is C16H17NO. The van der Waals surface area contributed by atoms with E-state index in [0.717, 1.165) is 12.2 Å². The highest BCUT2D eigenvalue weighted by Gasteiger charge is 2.24. The summed E-state index contributed by atoms with van der Waals surface area (Å²) < 4.78 is 5.96. The predicted molar refractivity (Wildman–Crippen MR) is 73.8 cm³/mol. The molecule has 1 atom stereocenters. The summed E-state index contributed by atoms with van der Waals surface area (Å²) in [6, 6.07) is 14.8. The molecule has 0 saturated carbocycles. The number of ether oxygens (including phenoxy) is 1. The van der Waals surface area contributed by atoms with Gasteiger partial charge in [-0.3, -0.25) is 0 Å². The first-order chi connectivity index (χ1) is 8.78. The van der Waals surface area contributed by atoms with E-state index >= 15 is 0 Å². The van der Waals surface area contributed by atoms with E-state index in [1.165, 1.54) is 22.3 Å². The molecule has 2 aromatic carbocycles. The highest BCUT2D eigenvalue weighted by atomic mass is 16.5. The first-order valence-corrected chi connectivity index (χ1v) is 6.33. The Morgan fingerprint density at radius 3 is 2.83 bits per heavy atom. The highest BCUT2D eigenvalue weighted by molar-refractivity contribution is 5.73. The van der Waals surface area contributed by atoms with Crippen LogP contribution >= 0.6 is 0 Å². The fourth-order valence-electron chi connectivity index (χ4n) is 2.51. The third-order valence-electron chi connectivity index (χ3n) is 3.42. The average Bonchev–Trinajstić information content (AvgIpc) is 2.81. The van der Waals surface area contributed by atoms with Gasteiger partial charge in [-0.2, -0.15) is 0 Å². The molecule has 0 bridgehead atoms. The molecule has 1 aliphatic rings. The van der Waals surface area contributed by atoms with Crippen LogP contribution in [0.1, 0.15) is 11.1 Å². The Balaban J connectivity index is 2.08. The molecule has 0 fully saturated rings. The molecule has 1 heterocycles. The minimum absolute atomic E-state index is 0.131. The zero-order chi connectivity index (χ0) is 12.5. The van der Waals surface area contributed by atoms with Crippen LogP contribution in [0.5, 0.6) is 5.75 Å². The number of hydrogen-bond acceptors (Lipinski definition) is 2. The lowest BCUT2D eigenvalue weighted by Crippen LogP contribution is -2.24. The molecule has 1 aliphatic heterocycles. The second-order valence-electron chi connectivity index (χ2n) is 4.84. The molecule has 0 aliphatic carbocycles. The number of rotatable bonds is 2. The fourth-order valence-corrected chi connectivity index (χ4v) is 2.51. The quantitative estimate of drug-likeness (QED) is 0.874. The van der Waals surface area contributed by atoms with Crippen molar-refractivity contribution in [2.24, 2.45) is 5.73 Å². The van der Waals surface area contributed by atoms with Crippen LogP contribution in [0.25, 0.3) is 11.1 Å². The predicted octanol–water partition coefficient (Wildman–Crippen LogP) is 2.92. The Hall–Kier alpha value is -1.80. The Morgan fingerprint density at radius 1 is 1.22 bits per heavy atom. The maximum Gasteiger partial charge on any atom is 0.130 e. The summed E-state index contributed by atoms with van der Waals surface area (Å²) in [5.74, 6) is 1.01. The van der Waals surface area contributed by atoms with Gasteiger partial charge in [0.2, 0.25) is 0 Å². The van der Waals surface area contributed by atoms with Gasteiger partial charge in [-0.15, -0.1) is 0 Å². The monoisotopic (exact) mass is 239 g/mol. The van der Waals surface area contributed by atoms with Crippen LogP contribution in [0.3, 0.4) is 0 Å². The molecule has 2 nitrogen and oxygen atoms in total. The van der Waals surface area contributed by atoms with Crippen molar-refractivity contribution < 1.29 is 4.74 Å². The first-order valence-electron chi connectivity index (χ1n) is 6.33. The van der Waals surface area contributed by atoms with Crippen molar-refractivity contribution in [1.82, 2.24) is 0 Å². The molecule has 1 unspecified atom stereocenters. The molecule has 3 rings (SSSR count). The summed E-state index contributed by atoms with van der Waals surface area (Å²) in [4.78, 5) is 0. The van der Waals surface area contributed by atoms with Crippen LogP contribution in [0, 0.1) is 6.92 Å². The van der Waals surface area contributed by atoms with Gasteiger partial charge in [-0.1, -0.05) is 48.0 Å². The zero-order valence-electron chi connectivity index (χ0n) is 10.5. The lowest BCUT2D eigenvalue weighted by Gasteiger charge is -2.11. The van der Waals surface area contributed by atoms with Crippen molar-refractivity contribution in [2.45, 2.75) is 19.4 Å². The summed E-state index contributed by atoms with van der Waals surface area (Å²) in [6.45, 7) is 2.68. The van der Waals surface area contributed by atoms with Crippen molar-refractivity contribution in [3.8, 4) is 16.9 Å². The standard InChI is InChI=1S/C16H17NO/c1-11-4-2-5-12(8-11)15-7-3-6-13-9-14(10-17)18-16(13)15/h2-8,14H,9-10,17H2,1H3. The van der Waals surface area contributed by atoms with E-state index in [1.807, 2.05) is 0 Å². The van der Waals surface area contributed by atoms with Crippen LogP contribution in [-0.4, -0.2) is 12.6 Å². The van der Waals surface area contributed by atoms with Crippen LogP contribution in [0.2, 0.25) is 0 Å². The summed E-state index contributed by atoms with van der Waals surface area (Å²) in [5.41, 5.74) is 10.6. The number of hydrogen-bond donors (Lipinski definition) is 1. The number of benzene rings is 2. The lowest BCUT2D eigenvalue weighted by molar-refractivity contribution is 0.242. The van der Waals surface area contributed by atoms with Crippen LogP contribution in [-0.2, 0) is 6.42 Å². The Labute approximate surface area is 107 Å². The van der Waals surface area contributed by atoms with E-state index in [0.29, 0.717) is 6.54 Å². The van der Waals surface area contributed by atoms with E-state index in [1.54, 1.807) is 0 Å². The van der Waals surface area contributed by atoms with Crippen molar-refractivity contribution in [3.05, 3.63) is 53.6 Å². The largest absolute Gasteiger partial charge is 0.488 e. The SMILES string of the molecule is Cc1cccc(-c2cccc3c2OC(CN)C3)c1. The van der Waals surface area contributed by atoms with Crippen molar-refractivity contribution in [3.63, 3.8) is 0 Å². The molecular weight excluding hydrogens is 222 g/mol. The van der Waals surface area contributed by atoms with E-state index < -0.39 is 0 Å². The van der Waals surface area contributed by atoms with Crippen molar-refractivity contribution in [2.75, 3.05) is 6.54 Å². The summed E-state index contributed by atoms with van der Waals surface area (Å²) in [6.07, 6.45) is 1.05. The maximum absolute atomic E-state index is 5.96. The van der Waals surface area contributed by atoms with Gasteiger partial charge in [0.05, 0.1) is 0 Å². The van der Waals surface area contributed by atoms with Crippen molar-refractivity contribution in [1.29, 1.82) is 0 Å². The van der Waals surface area contributed by atoms with Gasteiger partial charge >= 0.3 is 0 Å². The Morgan fingerprint density at radius 2 is 2.06 bits per heavy atom. The van der Waals surface area contributed by atoms with E-state index in [-0.39, 0.29) is 6.10 Å². The van der Waals surface area contributed by atoms with Crippen molar-refractivity contribution >= 4 is 0 Å². The van der Waals surface area contributed by atoms with Gasteiger partial charge in [0, 0.05) is 18.5 Å². The lowest BCUT2D eigenvalue weighted by atomic mass is 9.99. The minimum atomic E-state index is 0.131. The number of para-hydroxylation sites is 1. The molecule has 0 amide bonds. The molecule has 0 spiro atoms. The second-order valence-corrected chi connectivity index (χ2v) is 4.84.